The highest BCUT2D eigenvalue weighted by Gasteiger charge is 2.18. The summed E-state index contributed by atoms with van der Waals surface area (Å²) >= 11 is 0. The standard InChI is InChI=1S/C46H30/c1-2-10-31(11-3-1)39-26-27-43-44(30-39)45(35-22-18-34(19-23-35)38-24-20-32-12-4-6-14-36(32)28-38)41-16-8-9-17-42(41)46(43)40-25-21-33-13-5-7-15-37(33)29-40/h1-30H/i1D,2D,3D,5D,7D,8D,9D,10D,11D,13D,15D,16D,17D,21D,25D,26D,27D,29D,30D. The van der Waals surface area contributed by atoms with Crippen molar-refractivity contribution in [1.82, 2.24) is 0 Å². The SMILES string of the molecule is [2H]c1c([2H])c([2H])c(-c2c([2H])c([2H])c3c(-c4c([2H])c([2H])c5c([2H])c([2H])c([2H])c([2H])c5c4[2H])c4c([2H])c([2H])c([2H])c([2H])c4c(-c4ccc(-c5ccc6ccccc6c5)cc4)c3c2[2H])c([2H])c1[2H]. The van der Waals surface area contributed by atoms with E-state index < -0.39 is 153 Å². The van der Waals surface area contributed by atoms with Crippen molar-refractivity contribution < 1.29 is 26.0 Å². The Balaban J connectivity index is 1.54. The van der Waals surface area contributed by atoms with Crippen molar-refractivity contribution in [3.8, 4) is 44.5 Å². The maximum absolute atomic E-state index is 9.93. The van der Waals surface area contributed by atoms with Crippen molar-refractivity contribution in [1.29, 1.82) is 0 Å². The van der Waals surface area contributed by atoms with Gasteiger partial charge in [0.15, 0.2) is 0 Å². The van der Waals surface area contributed by atoms with Crippen LogP contribution in [0.2, 0.25) is 0 Å². The molecule has 0 atom stereocenters. The van der Waals surface area contributed by atoms with Crippen LogP contribution in [0.3, 0.4) is 0 Å². The molecular weight excluding hydrogens is 553 g/mol. The van der Waals surface area contributed by atoms with E-state index in [2.05, 4.69) is 0 Å². The molecular formula is C46H30. The second kappa shape index (κ2) is 10.9. The molecule has 0 aliphatic carbocycles. The van der Waals surface area contributed by atoms with Crippen LogP contribution in [0.5, 0.6) is 0 Å². The van der Waals surface area contributed by atoms with Crippen molar-refractivity contribution in [3.05, 3.63) is 182 Å². The Bertz CT molecular complexity index is 3610. The molecule has 0 aliphatic heterocycles. The summed E-state index contributed by atoms with van der Waals surface area (Å²) in [5, 5.41) is -0.408. The van der Waals surface area contributed by atoms with Gasteiger partial charge in [0.05, 0.1) is 26.0 Å². The summed E-state index contributed by atoms with van der Waals surface area (Å²) in [5.74, 6) is 0. The molecule has 0 fully saturated rings. The Morgan fingerprint density at radius 3 is 1.72 bits per heavy atom. The second-order valence-electron chi connectivity index (χ2n) is 10.6. The van der Waals surface area contributed by atoms with Gasteiger partial charge >= 0.3 is 0 Å². The van der Waals surface area contributed by atoms with Gasteiger partial charge in [-0.3, -0.25) is 0 Å². The van der Waals surface area contributed by atoms with Gasteiger partial charge in [0, 0.05) is 0 Å². The first kappa shape index (κ1) is 13.6. The van der Waals surface area contributed by atoms with Gasteiger partial charge in [-0.2, -0.15) is 0 Å². The van der Waals surface area contributed by atoms with Crippen molar-refractivity contribution in [2.75, 3.05) is 0 Å². The molecule has 0 bridgehead atoms. The van der Waals surface area contributed by atoms with Gasteiger partial charge in [0.2, 0.25) is 0 Å². The summed E-state index contributed by atoms with van der Waals surface area (Å²) in [6, 6.07) is 5.96. The monoisotopic (exact) mass is 601 g/mol. The molecule has 214 valence electrons. The molecule has 0 spiro atoms. The van der Waals surface area contributed by atoms with Gasteiger partial charge in [0.1, 0.15) is 0 Å². The second-order valence-corrected chi connectivity index (χ2v) is 10.6. The first-order valence-electron chi connectivity index (χ1n) is 23.9. The maximum Gasteiger partial charge on any atom is 0.0636 e. The molecule has 0 aliphatic rings. The fourth-order valence-corrected chi connectivity index (χ4v) is 5.86. The topological polar surface area (TPSA) is 0 Å². The van der Waals surface area contributed by atoms with Crippen LogP contribution in [0.1, 0.15) is 26.0 Å². The molecule has 0 amide bonds. The number of hydrogen-bond acceptors (Lipinski definition) is 0. The summed E-state index contributed by atoms with van der Waals surface area (Å²) in [6.45, 7) is 0. The molecule has 0 saturated carbocycles. The van der Waals surface area contributed by atoms with Gasteiger partial charge in [0.25, 0.3) is 0 Å². The minimum atomic E-state index is -0.841. The quantitative estimate of drug-likeness (QED) is 0.176. The van der Waals surface area contributed by atoms with Crippen molar-refractivity contribution in [3.63, 3.8) is 0 Å². The Hall–Kier alpha value is -5.98. The number of rotatable bonds is 4. The van der Waals surface area contributed by atoms with Gasteiger partial charge in [-0.15, -0.1) is 0 Å². The largest absolute Gasteiger partial charge is 0.0636 e. The van der Waals surface area contributed by atoms with E-state index in [1.807, 2.05) is 42.5 Å². The molecule has 0 radical (unpaired) electrons. The van der Waals surface area contributed by atoms with Crippen LogP contribution in [-0.2, 0) is 0 Å². The molecule has 0 unspecified atom stereocenters. The summed E-state index contributed by atoms with van der Waals surface area (Å²) in [4.78, 5) is 0. The minimum absolute atomic E-state index is 0.0882. The van der Waals surface area contributed by atoms with E-state index in [4.69, 9.17) is 16.4 Å². The van der Waals surface area contributed by atoms with E-state index in [1.54, 1.807) is 24.3 Å². The first-order valence-corrected chi connectivity index (χ1v) is 14.4. The van der Waals surface area contributed by atoms with Crippen LogP contribution in [0.15, 0.2) is 182 Å². The normalized spacial score (nSPS) is 17.3. The Morgan fingerprint density at radius 1 is 0.304 bits per heavy atom. The predicted molar refractivity (Wildman–Crippen MR) is 198 cm³/mol. The molecule has 0 nitrogen and oxygen atoms in total. The Morgan fingerprint density at radius 2 is 0.913 bits per heavy atom. The number of benzene rings is 9. The van der Waals surface area contributed by atoms with Crippen LogP contribution in [0.4, 0.5) is 0 Å². The fourth-order valence-electron chi connectivity index (χ4n) is 5.86. The third-order valence-corrected chi connectivity index (χ3v) is 8.01. The summed E-state index contributed by atoms with van der Waals surface area (Å²) in [5.41, 5.74) is -0.540. The molecule has 46 heavy (non-hydrogen) atoms. The van der Waals surface area contributed by atoms with Gasteiger partial charge < -0.3 is 0 Å². The fraction of sp³-hybridized carbons (Fsp3) is 0. The molecule has 9 rings (SSSR count). The smallest absolute Gasteiger partial charge is 0.0622 e. The Labute approximate surface area is 295 Å². The third-order valence-electron chi connectivity index (χ3n) is 8.01. The molecule has 0 N–H and O–H groups in total. The highest BCUT2D eigenvalue weighted by atomic mass is 14.2. The molecule has 0 saturated heterocycles. The van der Waals surface area contributed by atoms with E-state index in [9.17, 15) is 9.60 Å². The zero-order chi connectivity index (χ0) is 47.0. The lowest BCUT2D eigenvalue weighted by atomic mass is 9.84. The zero-order valence-electron chi connectivity index (χ0n) is 42.9. The average Bonchev–Trinajstić information content (AvgIpc) is 3.30. The van der Waals surface area contributed by atoms with E-state index in [1.165, 1.54) is 0 Å². The Kier molecular flexibility index (Phi) is 3.21. The van der Waals surface area contributed by atoms with Crippen LogP contribution < -0.4 is 0 Å². The molecule has 0 heteroatoms. The lowest BCUT2D eigenvalue weighted by molar-refractivity contribution is 1.62. The summed E-state index contributed by atoms with van der Waals surface area (Å²) in [6.07, 6.45) is 0. The molecule has 9 aromatic rings. The molecule has 9 aromatic carbocycles. The zero-order valence-corrected chi connectivity index (χ0v) is 23.9. The van der Waals surface area contributed by atoms with Crippen LogP contribution in [0, 0.1) is 0 Å². The first-order chi connectivity index (χ1) is 30.7. The van der Waals surface area contributed by atoms with E-state index in [0.717, 1.165) is 21.9 Å². The predicted octanol–water partition coefficient (Wildman–Crippen LogP) is 13.0. The van der Waals surface area contributed by atoms with Gasteiger partial charge in [-0.05, 0) is 106 Å². The summed E-state index contributed by atoms with van der Waals surface area (Å²) < 4.78 is 170. The van der Waals surface area contributed by atoms with E-state index in [-0.39, 0.29) is 27.3 Å². The van der Waals surface area contributed by atoms with E-state index >= 15 is 0 Å². The van der Waals surface area contributed by atoms with Crippen molar-refractivity contribution in [2.24, 2.45) is 0 Å². The highest BCUT2D eigenvalue weighted by Crippen LogP contribution is 2.45. The lowest BCUT2D eigenvalue weighted by Gasteiger charge is -2.19. The number of hydrogen-bond donors (Lipinski definition) is 0. The highest BCUT2D eigenvalue weighted by molar-refractivity contribution is 6.22. The number of fused-ring (bicyclic) bond motifs is 4. The van der Waals surface area contributed by atoms with Gasteiger partial charge in [-0.25, -0.2) is 0 Å². The van der Waals surface area contributed by atoms with Crippen LogP contribution in [0.25, 0.3) is 87.6 Å². The maximum atomic E-state index is 9.93. The molecule has 0 aromatic heterocycles. The molecule has 0 heterocycles. The van der Waals surface area contributed by atoms with Crippen LogP contribution >= 0.6 is 0 Å². The van der Waals surface area contributed by atoms with E-state index in [0.29, 0.717) is 0 Å². The summed E-state index contributed by atoms with van der Waals surface area (Å²) in [7, 11) is 0. The minimum Gasteiger partial charge on any atom is -0.0622 e. The van der Waals surface area contributed by atoms with Crippen molar-refractivity contribution >= 4 is 43.1 Å². The third kappa shape index (κ3) is 4.47. The van der Waals surface area contributed by atoms with Crippen LogP contribution in [-0.4, -0.2) is 0 Å². The average molecular weight is 602 g/mol. The van der Waals surface area contributed by atoms with Gasteiger partial charge in [-0.1, -0.05) is 163 Å². The van der Waals surface area contributed by atoms with Crippen molar-refractivity contribution in [2.45, 2.75) is 0 Å². The lowest BCUT2D eigenvalue weighted by Crippen LogP contribution is -1.92.